The summed E-state index contributed by atoms with van der Waals surface area (Å²) in [5.41, 5.74) is 1.87. The first-order valence-electron chi connectivity index (χ1n) is 10.4. The van der Waals surface area contributed by atoms with Gasteiger partial charge in [0.2, 0.25) is 5.91 Å². The van der Waals surface area contributed by atoms with E-state index >= 15 is 0 Å². The van der Waals surface area contributed by atoms with E-state index in [2.05, 4.69) is 43.7 Å². The van der Waals surface area contributed by atoms with Crippen molar-refractivity contribution in [3.63, 3.8) is 0 Å². The third kappa shape index (κ3) is 6.37. The lowest BCUT2D eigenvalue weighted by molar-refractivity contribution is -0.113. The molecule has 1 amide bonds. The molecule has 1 N–H and O–H groups in total. The number of nitrogens with one attached hydrogen (secondary N) is 1. The Balaban J connectivity index is 1.43. The number of carbonyl (C=O) groups excluding carboxylic acids is 1. The maximum absolute atomic E-state index is 12.5. The monoisotopic (exact) mass is 498 g/mol. The fourth-order valence-electron chi connectivity index (χ4n) is 3.31. The summed E-state index contributed by atoms with van der Waals surface area (Å²) in [5.74, 6) is 1.54. The van der Waals surface area contributed by atoms with Gasteiger partial charge in [0.1, 0.15) is 11.6 Å². The fourth-order valence-corrected chi connectivity index (χ4v) is 5.05. The van der Waals surface area contributed by atoms with Crippen molar-refractivity contribution in [2.75, 3.05) is 18.2 Å². The van der Waals surface area contributed by atoms with Gasteiger partial charge < -0.3 is 14.6 Å². The SMILES string of the molecule is COc1ccc(NC(=O)CSc2nnc(Cc3cccs3)n2CCc2ccccc2)cc1Cl. The number of thioether (sulfide) groups is 1. The zero-order valence-corrected chi connectivity index (χ0v) is 20.4. The van der Waals surface area contributed by atoms with E-state index in [-0.39, 0.29) is 11.7 Å². The maximum atomic E-state index is 12.5. The minimum absolute atomic E-state index is 0.140. The molecule has 0 bridgehead atoms. The first-order valence-corrected chi connectivity index (χ1v) is 12.6. The molecule has 0 radical (unpaired) electrons. The summed E-state index contributed by atoms with van der Waals surface area (Å²) in [5, 5.41) is 14.9. The molecule has 6 nitrogen and oxygen atoms in total. The molecule has 4 aromatic rings. The van der Waals surface area contributed by atoms with Crippen LogP contribution in [0.4, 0.5) is 5.69 Å². The van der Waals surface area contributed by atoms with Crippen LogP contribution in [0.2, 0.25) is 5.02 Å². The standard InChI is InChI=1S/C24H23ClN4O2S2/c1-31-21-10-9-18(14-20(21)25)26-23(30)16-33-24-28-27-22(15-19-8-5-13-32-19)29(24)12-11-17-6-3-2-4-7-17/h2-10,13-14H,11-12,15-16H2,1H3,(H,26,30). The van der Waals surface area contributed by atoms with Gasteiger partial charge in [0, 0.05) is 23.5 Å². The average molecular weight is 499 g/mol. The number of aromatic nitrogens is 3. The van der Waals surface area contributed by atoms with Crippen LogP contribution in [0.1, 0.15) is 16.3 Å². The molecule has 2 aromatic heterocycles. The lowest BCUT2D eigenvalue weighted by atomic mass is 10.1. The minimum atomic E-state index is -0.140. The van der Waals surface area contributed by atoms with Crippen molar-refractivity contribution in [2.45, 2.75) is 24.5 Å². The quantitative estimate of drug-likeness (QED) is 0.290. The van der Waals surface area contributed by atoms with Crippen LogP contribution in [0.5, 0.6) is 5.75 Å². The Kier molecular flexibility index (Phi) is 8.04. The smallest absolute Gasteiger partial charge is 0.234 e. The highest BCUT2D eigenvalue weighted by Crippen LogP contribution is 2.27. The van der Waals surface area contributed by atoms with Crippen LogP contribution in [-0.4, -0.2) is 33.5 Å². The molecule has 0 spiro atoms. The Hall–Kier alpha value is -2.81. The van der Waals surface area contributed by atoms with E-state index in [1.165, 1.54) is 22.2 Å². The van der Waals surface area contributed by atoms with Crippen molar-refractivity contribution in [1.82, 2.24) is 14.8 Å². The number of benzene rings is 2. The lowest BCUT2D eigenvalue weighted by Crippen LogP contribution is -2.15. The summed E-state index contributed by atoms with van der Waals surface area (Å²) in [6.07, 6.45) is 1.58. The molecular formula is C24H23ClN4O2S2. The van der Waals surface area contributed by atoms with Gasteiger partial charge in [0.15, 0.2) is 5.16 Å². The van der Waals surface area contributed by atoms with Gasteiger partial charge in [0.25, 0.3) is 0 Å². The number of hydrogen-bond donors (Lipinski definition) is 1. The zero-order valence-electron chi connectivity index (χ0n) is 18.0. The van der Waals surface area contributed by atoms with Crippen LogP contribution >= 0.6 is 34.7 Å². The van der Waals surface area contributed by atoms with E-state index in [0.29, 0.717) is 16.5 Å². The van der Waals surface area contributed by atoms with Crippen molar-refractivity contribution >= 4 is 46.3 Å². The molecule has 0 aliphatic heterocycles. The van der Waals surface area contributed by atoms with Crippen molar-refractivity contribution in [3.05, 3.63) is 87.3 Å². The summed E-state index contributed by atoms with van der Waals surface area (Å²) in [4.78, 5) is 13.8. The Morgan fingerprint density at radius 3 is 2.73 bits per heavy atom. The van der Waals surface area contributed by atoms with Gasteiger partial charge in [-0.3, -0.25) is 4.79 Å². The van der Waals surface area contributed by atoms with Crippen LogP contribution < -0.4 is 10.1 Å². The number of anilines is 1. The summed E-state index contributed by atoms with van der Waals surface area (Å²) < 4.78 is 7.27. The highest BCUT2D eigenvalue weighted by atomic mass is 35.5. The highest BCUT2D eigenvalue weighted by Gasteiger charge is 2.16. The Labute approximate surface area is 206 Å². The number of methoxy groups -OCH3 is 1. The normalized spacial score (nSPS) is 10.8. The van der Waals surface area contributed by atoms with E-state index in [1.54, 1.807) is 36.6 Å². The molecule has 0 saturated heterocycles. The third-order valence-electron chi connectivity index (χ3n) is 4.94. The van der Waals surface area contributed by atoms with Gasteiger partial charge in [-0.2, -0.15) is 0 Å². The van der Waals surface area contributed by atoms with Crippen LogP contribution in [0.25, 0.3) is 0 Å². The second-order valence-electron chi connectivity index (χ2n) is 7.23. The molecule has 0 aliphatic rings. The van der Waals surface area contributed by atoms with E-state index in [1.807, 2.05) is 24.3 Å². The molecule has 0 fully saturated rings. The van der Waals surface area contributed by atoms with Crippen LogP contribution in [0.3, 0.4) is 0 Å². The number of thiophene rings is 1. The van der Waals surface area contributed by atoms with Gasteiger partial charge in [0.05, 0.1) is 17.9 Å². The first-order chi connectivity index (χ1) is 16.1. The number of aryl methyl sites for hydroxylation is 1. The van der Waals surface area contributed by atoms with E-state index < -0.39 is 0 Å². The topological polar surface area (TPSA) is 69.0 Å². The molecular weight excluding hydrogens is 476 g/mol. The van der Waals surface area contributed by atoms with Gasteiger partial charge in [-0.1, -0.05) is 59.8 Å². The molecule has 2 aromatic carbocycles. The average Bonchev–Trinajstić information content (AvgIpc) is 3.47. The lowest BCUT2D eigenvalue weighted by Gasteiger charge is -2.11. The molecule has 4 rings (SSSR count). The van der Waals surface area contributed by atoms with Gasteiger partial charge in [-0.05, 0) is 41.6 Å². The maximum Gasteiger partial charge on any atom is 0.234 e. The molecule has 0 saturated carbocycles. The molecule has 170 valence electrons. The number of ether oxygens (including phenoxy) is 1. The Morgan fingerprint density at radius 1 is 1.15 bits per heavy atom. The molecule has 0 unspecified atom stereocenters. The van der Waals surface area contributed by atoms with Crippen LogP contribution in [0, 0.1) is 0 Å². The van der Waals surface area contributed by atoms with Crippen molar-refractivity contribution < 1.29 is 9.53 Å². The molecule has 0 aliphatic carbocycles. The highest BCUT2D eigenvalue weighted by molar-refractivity contribution is 7.99. The van der Waals surface area contributed by atoms with Gasteiger partial charge >= 0.3 is 0 Å². The summed E-state index contributed by atoms with van der Waals surface area (Å²) in [6.45, 7) is 0.746. The van der Waals surface area contributed by atoms with Crippen molar-refractivity contribution in [1.29, 1.82) is 0 Å². The van der Waals surface area contributed by atoms with E-state index in [0.717, 1.165) is 30.4 Å². The molecule has 33 heavy (non-hydrogen) atoms. The van der Waals surface area contributed by atoms with Gasteiger partial charge in [-0.15, -0.1) is 21.5 Å². The number of nitrogens with zero attached hydrogens (tertiary/aromatic N) is 3. The van der Waals surface area contributed by atoms with Crippen molar-refractivity contribution in [3.8, 4) is 5.75 Å². The van der Waals surface area contributed by atoms with Crippen LogP contribution in [0.15, 0.2) is 71.2 Å². The Bertz CT molecular complexity index is 1200. The predicted octanol–water partition coefficient (Wildman–Crippen LogP) is 5.57. The van der Waals surface area contributed by atoms with Crippen molar-refractivity contribution in [2.24, 2.45) is 0 Å². The van der Waals surface area contributed by atoms with Gasteiger partial charge in [-0.25, -0.2) is 0 Å². The van der Waals surface area contributed by atoms with Crippen LogP contribution in [-0.2, 0) is 24.2 Å². The fraction of sp³-hybridized carbons (Fsp3) is 0.208. The number of amides is 1. The first kappa shape index (κ1) is 23.4. The Morgan fingerprint density at radius 2 is 2.00 bits per heavy atom. The second-order valence-corrected chi connectivity index (χ2v) is 9.61. The molecule has 9 heteroatoms. The minimum Gasteiger partial charge on any atom is -0.495 e. The largest absolute Gasteiger partial charge is 0.495 e. The third-order valence-corrected chi connectivity index (χ3v) is 7.08. The number of carbonyl (C=O) groups is 1. The number of rotatable bonds is 10. The summed E-state index contributed by atoms with van der Waals surface area (Å²) in [7, 11) is 1.55. The number of halogens is 1. The van der Waals surface area contributed by atoms with E-state index in [9.17, 15) is 4.79 Å². The second kappa shape index (κ2) is 11.4. The molecule has 2 heterocycles. The predicted molar refractivity (Wildman–Crippen MR) is 135 cm³/mol. The summed E-state index contributed by atoms with van der Waals surface area (Å²) >= 11 is 9.23. The van der Waals surface area contributed by atoms with E-state index in [4.69, 9.17) is 16.3 Å². The zero-order chi connectivity index (χ0) is 23.0. The molecule has 0 atom stereocenters. The number of hydrogen-bond acceptors (Lipinski definition) is 6. The summed E-state index contributed by atoms with van der Waals surface area (Å²) in [6, 6.07) is 19.6.